The first-order valence-electron chi connectivity index (χ1n) is 13.1. The van der Waals surface area contributed by atoms with Gasteiger partial charge in [0.25, 0.3) is 5.91 Å². The molecule has 2 saturated heterocycles. The van der Waals surface area contributed by atoms with Crippen LogP contribution in [-0.2, 0) is 11.2 Å². The first kappa shape index (κ1) is 22.8. The summed E-state index contributed by atoms with van der Waals surface area (Å²) in [6, 6.07) is 11.3. The molecule has 4 aliphatic rings. The van der Waals surface area contributed by atoms with Gasteiger partial charge in [-0.05, 0) is 92.9 Å². The molecule has 2 atom stereocenters. The number of carbonyl (C=O) groups excluding carboxylic acids is 1. The highest BCUT2D eigenvalue weighted by Crippen LogP contribution is 2.32. The largest absolute Gasteiger partial charge is 0.491 e. The van der Waals surface area contributed by atoms with Crippen molar-refractivity contribution in [1.29, 1.82) is 0 Å². The third-order valence-corrected chi connectivity index (χ3v) is 7.78. The number of carbonyl (C=O) groups is 1. The quantitative estimate of drug-likeness (QED) is 0.616. The minimum atomic E-state index is -0.262. The smallest absolute Gasteiger partial charge is 0.258 e. The van der Waals surface area contributed by atoms with Gasteiger partial charge in [0.05, 0.1) is 11.8 Å². The number of rotatable bonds is 8. The molecule has 1 amide bonds. The van der Waals surface area contributed by atoms with Crippen LogP contribution in [0.3, 0.4) is 0 Å². The lowest BCUT2D eigenvalue weighted by Gasteiger charge is -2.30. The maximum atomic E-state index is 15.2. The second-order valence-corrected chi connectivity index (χ2v) is 10.4. The number of fused-ring (bicyclic) bond motifs is 1. The molecule has 1 unspecified atom stereocenters. The van der Waals surface area contributed by atoms with E-state index in [2.05, 4.69) is 10.2 Å². The van der Waals surface area contributed by atoms with E-state index in [9.17, 15) is 4.79 Å². The Morgan fingerprint density at radius 3 is 2.80 bits per heavy atom. The van der Waals surface area contributed by atoms with E-state index in [-0.39, 0.29) is 17.8 Å². The third kappa shape index (κ3) is 5.02. The molecular weight excluding hydrogens is 445 g/mol. The molecule has 0 spiro atoms. The second-order valence-electron chi connectivity index (χ2n) is 10.4. The summed E-state index contributed by atoms with van der Waals surface area (Å²) in [6.07, 6.45) is 6.69. The van der Waals surface area contributed by atoms with Crippen molar-refractivity contribution in [1.82, 2.24) is 5.32 Å². The summed E-state index contributed by atoms with van der Waals surface area (Å²) >= 11 is 0. The van der Waals surface area contributed by atoms with E-state index in [1.807, 2.05) is 30.3 Å². The molecule has 0 radical (unpaired) electrons. The molecule has 7 heteroatoms. The number of hydrogen-bond acceptors (Lipinski definition) is 5. The SMILES string of the molecule is O=C1c2ccc(OC[C@@H]3CCCO3)cc2CCN1c1ccc(N2CCC(NCC3CC3)C2)c(F)c1. The van der Waals surface area contributed by atoms with E-state index in [0.717, 1.165) is 62.7 Å². The lowest BCUT2D eigenvalue weighted by atomic mass is 9.98. The van der Waals surface area contributed by atoms with Gasteiger partial charge in [-0.25, -0.2) is 4.39 Å². The van der Waals surface area contributed by atoms with Crippen molar-refractivity contribution in [3.63, 3.8) is 0 Å². The number of benzene rings is 2. The number of halogens is 1. The second kappa shape index (κ2) is 9.78. The molecule has 3 fully saturated rings. The van der Waals surface area contributed by atoms with E-state index >= 15 is 4.39 Å². The van der Waals surface area contributed by atoms with Crippen molar-refractivity contribution in [3.8, 4) is 5.75 Å². The molecule has 6 rings (SSSR count). The van der Waals surface area contributed by atoms with Crippen molar-refractivity contribution in [2.45, 2.75) is 50.7 Å². The zero-order valence-corrected chi connectivity index (χ0v) is 20.2. The Labute approximate surface area is 206 Å². The van der Waals surface area contributed by atoms with Gasteiger partial charge in [0.15, 0.2) is 0 Å². The molecule has 1 saturated carbocycles. The standard InChI is InChI=1S/C28H34FN3O3/c29-26-15-22(5-8-27(26)31-11-10-21(17-31)30-16-19-3-4-19)32-12-9-20-14-23(6-7-25(20)28(32)33)35-18-24-2-1-13-34-24/h5-8,14-15,19,21,24,30H,1-4,9-13,16-18H2/t21?,24-/m0/s1. The van der Waals surface area contributed by atoms with E-state index in [4.69, 9.17) is 9.47 Å². The number of ether oxygens (including phenoxy) is 2. The Kier molecular flexibility index (Phi) is 6.37. The number of nitrogens with one attached hydrogen (secondary N) is 1. The fourth-order valence-corrected chi connectivity index (χ4v) is 5.49. The number of amides is 1. The van der Waals surface area contributed by atoms with Crippen LogP contribution in [0.4, 0.5) is 15.8 Å². The summed E-state index contributed by atoms with van der Waals surface area (Å²) in [7, 11) is 0. The zero-order valence-electron chi connectivity index (χ0n) is 20.2. The normalized spacial score (nSPS) is 24.2. The monoisotopic (exact) mass is 479 g/mol. The highest BCUT2D eigenvalue weighted by Gasteiger charge is 2.29. The minimum absolute atomic E-state index is 0.0883. The Morgan fingerprint density at radius 2 is 2.00 bits per heavy atom. The predicted molar refractivity (Wildman–Crippen MR) is 134 cm³/mol. The van der Waals surface area contributed by atoms with Crippen LogP contribution in [0.5, 0.6) is 5.75 Å². The van der Waals surface area contributed by atoms with Crippen molar-refractivity contribution in [2.75, 3.05) is 49.2 Å². The maximum Gasteiger partial charge on any atom is 0.258 e. The third-order valence-electron chi connectivity index (χ3n) is 7.78. The highest BCUT2D eigenvalue weighted by molar-refractivity contribution is 6.08. The summed E-state index contributed by atoms with van der Waals surface area (Å²) in [5, 5.41) is 3.63. The van der Waals surface area contributed by atoms with Gasteiger partial charge < -0.3 is 24.6 Å². The zero-order chi connectivity index (χ0) is 23.8. The van der Waals surface area contributed by atoms with E-state index in [0.29, 0.717) is 42.6 Å². The molecule has 6 nitrogen and oxygen atoms in total. The molecule has 3 heterocycles. The first-order chi connectivity index (χ1) is 17.1. The maximum absolute atomic E-state index is 15.2. The Hall–Kier alpha value is -2.64. The van der Waals surface area contributed by atoms with Gasteiger partial charge in [-0.3, -0.25) is 4.79 Å². The summed E-state index contributed by atoms with van der Waals surface area (Å²) in [5.74, 6) is 1.26. The summed E-state index contributed by atoms with van der Waals surface area (Å²) < 4.78 is 26.7. The average Bonchev–Trinajstić information content (AvgIpc) is 3.33. The van der Waals surface area contributed by atoms with Gasteiger partial charge in [-0.2, -0.15) is 0 Å². The van der Waals surface area contributed by atoms with Crippen molar-refractivity contribution in [2.24, 2.45) is 5.92 Å². The molecule has 1 N–H and O–H groups in total. The van der Waals surface area contributed by atoms with Crippen LogP contribution in [0.2, 0.25) is 0 Å². The van der Waals surface area contributed by atoms with Gasteiger partial charge in [-0.1, -0.05) is 0 Å². The van der Waals surface area contributed by atoms with Gasteiger partial charge in [-0.15, -0.1) is 0 Å². The molecule has 35 heavy (non-hydrogen) atoms. The van der Waals surface area contributed by atoms with Gasteiger partial charge >= 0.3 is 0 Å². The van der Waals surface area contributed by atoms with E-state index < -0.39 is 0 Å². The minimum Gasteiger partial charge on any atom is -0.491 e. The van der Waals surface area contributed by atoms with Crippen molar-refractivity contribution in [3.05, 3.63) is 53.3 Å². The van der Waals surface area contributed by atoms with Gasteiger partial charge in [0.2, 0.25) is 0 Å². The molecular formula is C28H34FN3O3. The number of nitrogens with zero attached hydrogens (tertiary/aromatic N) is 2. The Balaban J connectivity index is 1.10. The molecule has 2 aromatic rings. The topological polar surface area (TPSA) is 54.0 Å². The molecule has 1 aliphatic carbocycles. The van der Waals surface area contributed by atoms with Crippen LogP contribution < -0.4 is 19.9 Å². The van der Waals surface area contributed by atoms with Crippen LogP contribution >= 0.6 is 0 Å². The molecule has 186 valence electrons. The van der Waals surface area contributed by atoms with Crippen molar-refractivity contribution >= 4 is 17.3 Å². The van der Waals surface area contributed by atoms with E-state index in [1.165, 1.54) is 18.9 Å². The molecule has 0 aromatic heterocycles. The van der Waals surface area contributed by atoms with Crippen LogP contribution in [0.1, 0.15) is 48.0 Å². The lowest BCUT2D eigenvalue weighted by Crippen LogP contribution is -2.37. The Morgan fingerprint density at radius 1 is 1.09 bits per heavy atom. The Bertz CT molecular complexity index is 1080. The fourth-order valence-electron chi connectivity index (χ4n) is 5.49. The number of anilines is 2. The van der Waals surface area contributed by atoms with Crippen LogP contribution in [0, 0.1) is 11.7 Å². The van der Waals surface area contributed by atoms with Crippen molar-refractivity contribution < 1.29 is 18.7 Å². The van der Waals surface area contributed by atoms with Crippen LogP contribution in [0.15, 0.2) is 36.4 Å². The lowest BCUT2D eigenvalue weighted by molar-refractivity contribution is 0.0679. The highest BCUT2D eigenvalue weighted by atomic mass is 19.1. The van der Waals surface area contributed by atoms with Gasteiger partial charge in [0, 0.05) is 43.5 Å². The average molecular weight is 480 g/mol. The van der Waals surface area contributed by atoms with Gasteiger partial charge in [0.1, 0.15) is 18.2 Å². The fraction of sp³-hybridized carbons (Fsp3) is 0.536. The molecule has 0 bridgehead atoms. The molecule has 2 aromatic carbocycles. The van der Waals surface area contributed by atoms with E-state index in [1.54, 1.807) is 4.90 Å². The predicted octanol–water partition coefficient (Wildman–Crippen LogP) is 4.16. The number of hydrogen-bond donors (Lipinski definition) is 1. The summed E-state index contributed by atoms with van der Waals surface area (Å²) in [4.78, 5) is 17.1. The van der Waals surface area contributed by atoms with Crippen LogP contribution in [-0.4, -0.2) is 57.4 Å². The summed E-state index contributed by atoms with van der Waals surface area (Å²) in [6.45, 7) is 4.64. The first-order valence-corrected chi connectivity index (χ1v) is 13.1. The van der Waals surface area contributed by atoms with Crippen LogP contribution in [0.25, 0.3) is 0 Å². The summed E-state index contributed by atoms with van der Waals surface area (Å²) in [5.41, 5.74) is 2.88. The molecule has 3 aliphatic heterocycles.